The number of carbonyl (C=O) groups is 1. The average molecular weight is 359 g/mol. The number of aromatic hydroxyl groups is 1. The first kappa shape index (κ1) is 18.6. The Hall–Kier alpha value is -3.21. The van der Waals surface area contributed by atoms with Crippen LogP contribution in [0.3, 0.4) is 0 Å². The molecule has 1 heterocycles. The van der Waals surface area contributed by atoms with Crippen molar-refractivity contribution in [3.8, 4) is 29.4 Å². The van der Waals surface area contributed by atoms with Gasteiger partial charge in [0.15, 0.2) is 0 Å². The van der Waals surface area contributed by atoms with Gasteiger partial charge < -0.3 is 10.2 Å². The summed E-state index contributed by atoms with van der Waals surface area (Å²) in [6, 6.07) is 12.4. The molecular formula is C23H21NO3. The van der Waals surface area contributed by atoms with Crippen LogP contribution < -0.4 is 0 Å². The van der Waals surface area contributed by atoms with Gasteiger partial charge in [-0.15, -0.1) is 0 Å². The number of carboxylic acids is 1. The standard InChI is InChI=1S/C23H21NO3/c25-22-16-19(12-13-21(22)23(26)27)7-3-2-6-18-8-10-20(11-9-18)17-24-14-4-1-5-15-24/h8-13,16,25H,1,4-5,14-15,17H2,(H,26,27). The largest absolute Gasteiger partial charge is 0.507 e. The summed E-state index contributed by atoms with van der Waals surface area (Å²) in [5, 5.41) is 18.5. The molecule has 4 heteroatoms. The number of hydrogen-bond donors (Lipinski definition) is 2. The highest BCUT2D eigenvalue weighted by Crippen LogP contribution is 2.18. The molecule has 2 aromatic rings. The summed E-state index contributed by atoms with van der Waals surface area (Å²) in [6.07, 6.45) is 3.92. The molecule has 1 fully saturated rings. The van der Waals surface area contributed by atoms with Gasteiger partial charge in [-0.25, -0.2) is 4.79 Å². The Balaban J connectivity index is 1.60. The number of piperidine rings is 1. The van der Waals surface area contributed by atoms with E-state index >= 15 is 0 Å². The van der Waals surface area contributed by atoms with Gasteiger partial charge in [0.2, 0.25) is 0 Å². The van der Waals surface area contributed by atoms with E-state index < -0.39 is 5.97 Å². The summed E-state index contributed by atoms with van der Waals surface area (Å²) in [5.74, 6) is 9.85. The van der Waals surface area contributed by atoms with Crippen LogP contribution in [-0.4, -0.2) is 34.2 Å². The predicted octanol–water partition coefficient (Wildman–Crippen LogP) is 3.48. The van der Waals surface area contributed by atoms with Crippen LogP contribution in [0.1, 0.15) is 46.3 Å². The van der Waals surface area contributed by atoms with Crippen molar-refractivity contribution in [3.05, 3.63) is 64.7 Å². The molecular weight excluding hydrogens is 338 g/mol. The Bertz CT molecular complexity index is 934. The third kappa shape index (κ3) is 5.38. The highest BCUT2D eigenvalue weighted by atomic mass is 16.4. The van der Waals surface area contributed by atoms with Crippen LogP contribution in [0.5, 0.6) is 5.75 Å². The average Bonchev–Trinajstić information content (AvgIpc) is 2.67. The molecule has 27 heavy (non-hydrogen) atoms. The Labute approximate surface area is 159 Å². The fourth-order valence-corrected chi connectivity index (χ4v) is 3.07. The molecule has 0 bridgehead atoms. The van der Waals surface area contributed by atoms with Crippen molar-refractivity contribution in [2.45, 2.75) is 25.8 Å². The quantitative estimate of drug-likeness (QED) is 0.824. The molecule has 1 saturated heterocycles. The van der Waals surface area contributed by atoms with Gasteiger partial charge in [0.1, 0.15) is 11.3 Å². The normalized spacial score (nSPS) is 13.8. The fourth-order valence-electron chi connectivity index (χ4n) is 3.07. The van der Waals surface area contributed by atoms with Crippen LogP contribution in [-0.2, 0) is 6.54 Å². The van der Waals surface area contributed by atoms with Gasteiger partial charge in [0, 0.05) is 17.7 Å². The molecule has 0 radical (unpaired) electrons. The minimum atomic E-state index is -1.17. The van der Waals surface area contributed by atoms with Crippen LogP contribution in [0.2, 0.25) is 0 Å². The second kappa shape index (κ2) is 8.94. The van der Waals surface area contributed by atoms with Crippen molar-refractivity contribution >= 4 is 5.97 Å². The fraction of sp³-hybridized carbons (Fsp3) is 0.261. The smallest absolute Gasteiger partial charge is 0.339 e. The Morgan fingerprint density at radius 3 is 2.19 bits per heavy atom. The first-order chi connectivity index (χ1) is 13.1. The zero-order chi connectivity index (χ0) is 19.1. The predicted molar refractivity (Wildman–Crippen MR) is 104 cm³/mol. The van der Waals surface area contributed by atoms with Gasteiger partial charge >= 0.3 is 5.97 Å². The first-order valence-corrected chi connectivity index (χ1v) is 9.01. The zero-order valence-electron chi connectivity index (χ0n) is 15.0. The maximum atomic E-state index is 10.9. The van der Waals surface area contributed by atoms with E-state index in [0.717, 1.165) is 12.1 Å². The summed E-state index contributed by atoms with van der Waals surface area (Å²) in [4.78, 5) is 13.4. The molecule has 136 valence electrons. The molecule has 0 saturated carbocycles. The van der Waals surface area contributed by atoms with Crippen molar-refractivity contribution in [1.82, 2.24) is 4.90 Å². The number of likely N-dealkylation sites (tertiary alicyclic amines) is 1. The van der Waals surface area contributed by atoms with Gasteiger partial charge in [0.05, 0.1) is 0 Å². The summed E-state index contributed by atoms with van der Waals surface area (Å²) in [5.41, 5.74) is 2.57. The Morgan fingerprint density at radius 2 is 1.56 bits per heavy atom. The van der Waals surface area contributed by atoms with Crippen LogP contribution in [0, 0.1) is 23.7 Å². The molecule has 2 aromatic carbocycles. The van der Waals surface area contributed by atoms with Crippen LogP contribution in [0.25, 0.3) is 0 Å². The lowest BCUT2D eigenvalue weighted by Gasteiger charge is -2.26. The van der Waals surface area contributed by atoms with Gasteiger partial charge in [0.25, 0.3) is 0 Å². The minimum absolute atomic E-state index is 0.142. The van der Waals surface area contributed by atoms with E-state index in [-0.39, 0.29) is 11.3 Å². The van der Waals surface area contributed by atoms with Gasteiger partial charge in [-0.3, -0.25) is 4.90 Å². The number of carboxylic acid groups (broad SMARTS) is 1. The summed E-state index contributed by atoms with van der Waals surface area (Å²) >= 11 is 0. The Morgan fingerprint density at radius 1 is 0.926 bits per heavy atom. The second-order valence-electron chi connectivity index (χ2n) is 6.57. The summed E-state index contributed by atoms with van der Waals surface area (Å²) in [6.45, 7) is 3.35. The topological polar surface area (TPSA) is 60.8 Å². The van der Waals surface area contributed by atoms with Crippen molar-refractivity contribution < 1.29 is 15.0 Å². The summed E-state index contributed by atoms with van der Waals surface area (Å²) in [7, 11) is 0. The molecule has 0 amide bonds. The van der Waals surface area contributed by atoms with E-state index in [1.165, 1.54) is 50.0 Å². The number of rotatable bonds is 3. The van der Waals surface area contributed by atoms with Gasteiger partial charge in [-0.1, -0.05) is 30.4 Å². The third-order valence-corrected chi connectivity index (χ3v) is 4.51. The molecule has 0 aliphatic carbocycles. The van der Waals surface area contributed by atoms with Gasteiger partial charge in [-0.05, 0) is 73.7 Å². The summed E-state index contributed by atoms with van der Waals surface area (Å²) < 4.78 is 0. The van der Waals surface area contributed by atoms with Crippen LogP contribution in [0.4, 0.5) is 0 Å². The number of hydrogen-bond acceptors (Lipinski definition) is 3. The maximum Gasteiger partial charge on any atom is 0.339 e. The second-order valence-corrected chi connectivity index (χ2v) is 6.57. The number of aromatic carboxylic acids is 1. The van der Waals surface area contributed by atoms with E-state index in [1.54, 1.807) is 6.07 Å². The Kier molecular flexibility index (Phi) is 6.15. The monoisotopic (exact) mass is 359 g/mol. The first-order valence-electron chi connectivity index (χ1n) is 9.01. The molecule has 1 aliphatic rings. The van der Waals surface area contributed by atoms with Crippen molar-refractivity contribution in [3.63, 3.8) is 0 Å². The highest BCUT2D eigenvalue weighted by Gasteiger charge is 2.10. The number of phenols is 1. The zero-order valence-corrected chi connectivity index (χ0v) is 15.0. The minimum Gasteiger partial charge on any atom is -0.507 e. The lowest BCUT2D eigenvalue weighted by molar-refractivity contribution is 0.0693. The molecule has 0 aromatic heterocycles. The van der Waals surface area contributed by atoms with E-state index in [9.17, 15) is 9.90 Å². The molecule has 2 N–H and O–H groups in total. The number of nitrogens with zero attached hydrogens (tertiary/aromatic N) is 1. The molecule has 1 aliphatic heterocycles. The molecule has 0 spiro atoms. The van der Waals surface area contributed by atoms with Crippen molar-refractivity contribution in [2.24, 2.45) is 0 Å². The van der Waals surface area contributed by atoms with E-state index in [4.69, 9.17) is 5.11 Å². The lowest BCUT2D eigenvalue weighted by atomic mass is 10.1. The molecule has 0 atom stereocenters. The molecule has 3 rings (SSSR count). The van der Waals surface area contributed by atoms with E-state index in [2.05, 4.69) is 40.7 Å². The lowest BCUT2D eigenvalue weighted by Crippen LogP contribution is -2.29. The van der Waals surface area contributed by atoms with Crippen molar-refractivity contribution in [1.29, 1.82) is 0 Å². The third-order valence-electron chi connectivity index (χ3n) is 4.51. The van der Waals surface area contributed by atoms with Crippen LogP contribution >= 0.6 is 0 Å². The maximum absolute atomic E-state index is 10.9. The van der Waals surface area contributed by atoms with Crippen LogP contribution in [0.15, 0.2) is 42.5 Å². The van der Waals surface area contributed by atoms with Gasteiger partial charge in [-0.2, -0.15) is 0 Å². The number of benzene rings is 2. The molecule has 0 unspecified atom stereocenters. The van der Waals surface area contributed by atoms with E-state index in [0.29, 0.717) is 5.56 Å². The SMILES string of the molecule is O=C(O)c1ccc(C#CC#Cc2ccc(CN3CCCCC3)cc2)cc1O. The van der Waals surface area contributed by atoms with Crippen molar-refractivity contribution in [2.75, 3.05) is 13.1 Å². The molecule has 4 nitrogen and oxygen atoms in total. The highest BCUT2D eigenvalue weighted by molar-refractivity contribution is 5.90. The van der Waals surface area contributed by atoms with E-state index in [1.807, 2.05) is 12.1 Å².